The zero-order valence-electron chi connectivity index (χ0n) is 13.6. The molecule has 2 aliphatic rings. The summed E-state index contributed by atoms with van der Waals surface area (Å²) in [6.45, 7) is 7.11. The molecule has 1 saturated carbocycles. The van der Waals surface area contributed by atoms with Crippen molar-refractivity contribution < 1.29 is 0 Å². The fourth-order valence-electron chi connectivity index (χ4n) is 3.77. The maximum atomic E-state index is 3.75. The third-order valence-corrected chi connectivity index (χ3v) is 5.27. The molecule has 1 aliphatic heterocycles. The van der Waals surface area contributed by atoms with Crippen LogP contribution in [0.2, 0.25) is 0 Å². The molecule has 21 heavy (non-hydrogen) atoms. The van der Waals surface area contributed by atoms with Gasteiger partial charge in [0.05, 0.1) is 0 Å². The number of hydrogen-bond donors (Lipinski definition) is 1. The quantitative estimate of drug-likeness (QED) is 0.861. The van der Waals surface area contributed by atoms with Gasteiger partial charge in [-0.05, 0) is 37.7 Å². The minimum atomic E-state index is 0.608. The van der Waals surface area contributed by atoms with Crippen LogP contribution < -0.4 is 5.32 Å². The Balaban J connectivity index is 1.60. The highest BCUT2D eigenvalue weighted by Crippen LogP contribution is 2.36. The molecule has 116 valence electrons. The summed E-state index contributed by atoms with van der Waals surface area (Å²) >= 11 is 0. The first-order valence-corrected chi connectivity index (χ1v) is 8.79. The molecule has 0 bridgehead atoms. The summed E-state index contributed by atoms with van der Waals surface area (Å²) in [5.74, 6) is 1.03. The van der Waals surface area contributed by atoms with Crippen molar-refractivity contribution in [2.45, 2.75) is 64.1 Å². The Labute approximate surface area is 129 Å². The van der Waals surface area contributed by atoms with E-state index in [1.807, 2.05) is 0 Å². The van der Waals surface area contributed by atoms with Crippen molar-refractivity contribution in [2.24, 2.45) is 5.92 Å². The van der Waals surface area contributed by atoms with Crippen molar-refractivity contribution in [3.05, 3.63) is 35.9 Å². The van der Waals surface area contributed by atoms with Gasteiger partial charge in [0.25, 0.3) is 0 Å². The molecule has 1 N–H and O–H groups in total. The Kier molecular flexibility index (Phi) is 4.97. The molecule has 0 amide bonds. The van der Waals surface area contributed by atoms with Crippen molar-refractivity contribution in [1.29, 1.82) is 0 Å². The largest absolute Gasteiger partial charge is 0.311 e. The number of rotatable bonds is 6. The first-order chi connectivity index (χ1) is 10.3. The fourth-order valence-corrected chi connectivity index (χ4v) is 3.77. The average molecular weight is 286 g/mol. The van der Waals surface area contributed by atoms with Gasteiger partial charge >= 0.3 is 0 Å². The van der Waals surface area contributed by atoms with Crippen LogP contribution in [-0.4, -0.2) is 36.1 Å². The van der Waals surface area contributed by atoms with Crippen LogP contribution in [-0.2, 0) is 6.42 Å². The van der Waals surface area contributed by atoms with Crippen LogP contribution in [0.15, 0.2) is 30.3 Å². The van der Waals surface area contributed by atoms with Crippen molar-refractivity contribution in [2.75, 3.05) is 13.1 Å². The molecule has 3 rings (SSSR count). The summed E-state index contributed by atoms with van der Waals surface area (Å²) in [7, 11) is 0. The summed E-state index contributed by atoms with van der Waals surface area (Å²) in [5, 5.41) is 3.75. The third-order valence-electron chi connectivity index (χ3n) is 5.27. The van der Waals surface area contributed by atoms with E-state index in [9.17, 15) is 0 Å². The van der Waals surface area contributed by atoms with E-state index in [1.54, 1.807) is 0 Å². The molecule has 0 radical (unpaired) electrons. The van der Waals surface area contributed by atoms with E-state index in [1.165, 1.54) is 37.8 Å². The second-order valence-electron chi connectivity index (χ2n) is 7.08. The summed E-state index contributed by atoms with van der Waals surface area (Å²) in [6.07, 6.45) is 6.84. The molecule has 0 spiro atoms. The van der Waals surface area contributed by atoms with Gasteiger partial charge in [0.2, 0.25) is 0 Å². The van der Waals surface area contributed by atoms with Crippen molar-refractivity contribution in [3.8, 4) is 0 Å². The topological polar surface area (TPSA) is 15.3 Å². The molecular weight excluding hydrogens is 256 g/mol. The lowest BCUT2D eigenvalue weighted by molar-refractivity contribution is 0.0804. The highest BCUT2D eigenvalue weighted by atomic mass is 15.2. The molecule has 1 aromatic rings. The molecule has 1 saturated heterocycles. The molecule has 3 unspecified atom stereocenters. The van der Waals surface area contributed by atoms with Crippen molar-refractivity contribution >= 4 is 0 Å². The predicted octanol–water partition coefficient (Wildman–Crippen LogP) is 3.47. The van der Waals surface area contributed by atoms with Gasteiger partial charge in [-0.3, -0.25) is 4.90 Å². The van der Waals surface area contributed by atoms with Crippen molar-refractivity contribution in [3.63, 3.8) is 0 Å². The Morgan fingerprint density at radius 3 is 2.67 bits per heavy atom. The smallest absolute Gasteiger partial charge is 0.0236 e. The second kappa shape index (κ2) is 6.93. The Morgan fingerprint density at radius 1 is 1.24 bits per heavy atom. The van der Waals surface area contributed by atoms with E-state index in [4.69, 9.17) is 0 Å². The second-order valence-corrected chi connectivity index (χ2v) is 7.08. The summed E-state index contributed by atoms with van der Waals surface area (Å²) in [6, 6.07) is 13.0. The van der Waals surface area contributed by atoms with E-state index in [2.05, 4.69) is 54.4 Å². The van der Waals surface area contributed by atoms with Crippen LogP contribution in [0.5, 0.6) is 0 Å². The zero-order chi connectivity index (χ0) is 14.7. The maximum Gasteiger partial charge on any atom is 0.0236 e. The maximum absolute atomic E-state index is 3.75. The fraction of sp³-hybridized carbons (Fsp3) is 0.684. The van der Waals surface area contributed by atoms with Gasteiger partial charge in [0.1, 0.15) is 0 Å². The summed E-state index contributed by atoms with van der Waals surface area (Å²) < 4.78 is 0. The van der Waals surface area contributed by atoms with Crippen LogP contribution in [0.3, 0.4) is 0 Å². The molecule has 2 nitrogen and oxygen atoms in total. The van der Waals surface area contributed by atoms with Crippen LogP contribution in [0.4, 0.5) is 0 Å². The monoisotopic (exact) mass is 286 g/mol. The highest BCUT2D eigenvalue weighted by Gasteiger charge is 2.33. The molecule has 1 aromatic carbocycles. The van der Waals surface area contributed by atoms with E-state index < -0.39 is 0 Å². The van der Waals surface area contributed by atoms with E-state index in [-0.39, 0.29) is 0 Å². The molecule has 3 atom stereocenters. The van der Waals surface area contributed by atoms with Crippen LogP contribution in [0.1, 0.15) is 45.1 Å². The zero-order valence-corrected chi connectivity index (χ0v) is 13.6. The van der Waals surface area contributed by atoms with Gasteiger partial charge in [-0.1, -0.05) is 50.1 Å². The predicted molar refractivity (Wildman–Crippen MR) is 89.5 cm³/mol. The lowest BCUT2D eigenvalue weighted by Crippen LogP contribution is -2.59. The van der Waals surface area contributed by atoms with E-state index in [0.717, 1.165) is 24.9 Å². The summed E-state index contributed by atoms with van der Waals surface area (Å²) in [5.41, 5.74) is 1.46. The molecule has 1 aliphatic carbocycles. The van der Waals surface area contributed by atoms with Crippen LogP contribution in [0, 0.1) is 5.92 Å². The number of piperazine rings is 1. The number of benzene rings is 1. The minimum absolute atomic E-state index is 0.608. The number of nitrogens with zero attached hydrogens (tertiary/aromatic N) is 1. The van der Waals surface area contributed by atoms with E-state index in [0.29, 0.717) is 12.1 Å². The molecule has 2 fully saturated rings. The van der Waals surface area contributed by atoms with Crippen LogP contribution >= 0.6 is 0 Å². The van der Waals surface area contributed by atoms with Crippen LogP contribution in [0.25, 0.3) is 0 Å². The highest BCUT2D eigenvalue weighted by molar-refractivity contribution is 5.16. The number of hydrogen-bond acceptors (Lipinski definition) is 2. The Bertz CT molecular complexity index is 426. The van der Waals surface area contributed by atoms with E-state index >= 15 is 0 Å². The molecule has 1 heterocycles. The van der Waals surface area contributed by atoms with Gasteiger partial charge < -0.3 is 5.32 Å². The lowest BCUT2D eigenvalue weighted by Gasteiger charge is -2.43. The normalized spacial score (nSPS) is 28.5. The Morgan fingerprint density at radius 2 is 2.00 bits per heavy atom. The minimum Gasteiger partial charge on any atom is -0.311 e. The lowest BCUT2D eigenvalue weighted by atomic mass is 9.97. The SMILES string of the molecule is CCC(CC1CC1)N1CC(Cc2ccccc2)NCC1C. The molecular formula is C19H30N2. The van der Waals surface area contributed by atoms with Gasteiger partial charge in [-0.25, -0.2) is 0 Å². The first kappa shape index (κ1) is 15.1. The van der Waals surface area contributed by atoms with Gasteiger partial charge in [-0.15, -0.1) is 0 Å². The van der Waals surface area contributed by atoms with Crippen molar-refractivity contribution in [1.82, 2.24) is 10.2 Å². The van der Waals surface area contributed by atoms with Gasteiger partial charge in [0, 0.05) is 31.2 Å². The molecule has 0 aromatic heterocycles. The standard InChI is InChI=1S/C19H30N2/c1-3-19(12-17-9-10-17)21-14-18(20-13-15(21)2)11-16-7-5-4-6-8-16/h4-8,15,17-20H,3,9-14H2,1-2H3. The number of nitrogens with one attached hydrogen (secondary N) is 1. The first-order valence-electron chi connectivity index (χ1n) is 8.79. The molecule has 2 heteroatoms. The van der Waals surface area contributed by atoms with Gasteiger partial charge in [-0.2, -0.15) is 0 Å². The third kappa shape index (κ3) is 4.08. The average Bonchev–Trinajstić information content (AvgIpc) is 3.32. The Hall–Kier alpha value is -0.860. The summed E-state index contributed by atoms with van der Waals surface area (Å²) in [4.78, 5) is 2.79. The van der Waals surface area contributed by atoms with Gasteiger partial charge in [0.15, 0.2) is 0 Å².